The van der Waals surface area contributed by atoms with Crippen LogP contribution in [0.1, 0.15) is 47.5 Å². The molecule has 0 radical (unpaired) electrons. The Morgan fingerprint density at radius 1 is 1.29 bits per heavy atom. The van der Waals surface area contributed by atoms with Gasteiger partial charge in [0, 0.05) is 22.1 Å². The fraction of sp³-hybridized carbons (Fsp3) is 0.467. The zero-order chi connectivity index (χ0) is 15.1. The second-order valence-electron chi connectivity index (χ2n) is 5.78. The lowest BCUT2D eigenvalue weighted by molar-refractivity contribution is 0.0694. The highest BCUT2D eigenvalue weighted by Crippen LogP contribution is 2.45. The number of hydrogen-bond acceptors (Lipinski definition) is 2. The molecule has 2 heterocycles. The summed E-state index contributed by atoms with van der Waals surface area (Å²) >= 11 is 12.2. The van der Waals surface area contributed by atoms with Crippen LogP contribution >= 0.6 is 23.2 Å². The number of halogens is 2. The predicted molar refractivity (Wildman–Crippen MR) is 82.8 cm³/mol. The van der Waals surface area contributed by atoms with Gasteiger partial charge < -0.3 is 10.0 Å². The van der Waals surface area contributed by atoms with Crippen molar-refractivity contribution in [3.63, 3.8) is 0 Å². The molecule has 2 N–H and O–H groups in total. The van der Waals surface area contributed by atoms with Crippen LogP contribution in [-0.2, 0) is 0 Å². The molecule has 0 saturated carbocycles. The van der Waals surface area contributed by atoms with Crippen LogP contribution < -0.4 is 0 Å². The van der Waals surface area contributed by atoms with E-state index in [4.69, 9.17) is 28.6 Å². The van der Waals surface area contributed by atoms with Crippen molar-refractivity contribution in [3.8, 4) is 0 Å². The van der Waals surface area contributed by atoms with Crippen molar-refractivity contribution in [2.75, 3.05) is 0 Å². The maximum atomic E-state index is 11.5. The quantitative estimate of drug-likeness (QED) is 0.651. The molecule has 2 aliphatic heterocycles. The Bertz CT molecular complexity index is 592. The highest BCUT2D eigenvalue weighted by Gasteiger charge is 2.41. The molecule has 0 amide bonds. The van der Waals surface area contributed by atoms with Crippen molar-refractivity contribution >= 4 is 35.5 Å². The molecule has 0 spiro atoms. The van der Waals surface area contributed by atoms with Gasteiger partial charge in [-0.25, -0.2) is 4.79 Å². The number of carboxylic acids is 1. The van der Waals surface area contributed by atoms with Gasteiger partial charge in [-0.15, -0.1) is 0 Å². The summed E-state index contributed by atoms with van der Waals surface area (Å²) in [4.78, 5) is 13.6. The Labute approximate surface area is 133 Å². The summed E-state index contributed by atoms with van der Waals surface area (Å²) in [7, 11) is 0. The molecular weight excluding hydrogens is 311 g/mol. The topological polar surface area (TPSA) is 64.4 Å². The van der Waals surface area contributed by atoms with Crippen LogP contribution in [0.5, 0.6) is 0 Å². The molecule has 1 aromatic carbocycles. The monoisotopic (exact) mass is 326 g/mol. The van der Waals surface area contributed by atoms with Crippen LogP contribution in [0.3, 0.4) is 0 Å². The van der Waals surface area contributed by atoms with Gasteiger partial charge in [0.15, 0.2) is 0 Å². The van der Waals surface area contributed by atoms with Crippen LogP contribution in [-0.4, -0.2) is 34.4 Å². The van der Waals surface area contributed by atoms with E-state index < -0.39 is 5.97 Å². The van der Waals surface area contributed by atoms with Gasteiger partial charge in [-0.1, -0.05) is 23.2 Å². The number of rotatable bonds is 3. The SMILES string of the molecule is N=CN1[C@@H]2CC[C@H]1CC(c1c(Cl)cc(Cl)cc1C(=O)O)C2. The molecule has 112 valence electrons. The molecule has 0 aliphatic carbocycles. The minimum Gasteiger partial charge on any atom is -0.478 e. The third-order valence-electron chi connectivity index (χ3n) is 4.67. The largest absolute Gasteiger partial charge is 0.478 e. The normalized spacial score (nSPS) is 27.7. The average Bonchev–Trinajstić information content (AvgIpc) is 2.66. The van der Waals surface area contributed by atoms with Crippen LogP contribution in [0.4, 0.5) is 0 Å². The van der Waals surface area contributed by atoms with E-state index >= 15 is 0 Å². The molecular formula is C15H16Cl2N2O2. The first-order chi connectivity index (χ1) is 10.0. The van der Waals surface area contributed by atoms with Crippen LogP contribution in [0.15, 0.2) is 12.1 Å². The van der Waals surface area contributed by atoms with Crippen LogP contribution in [0.2, 0.25) is 10.0 Å². The smallest absolute Gasteiger partial charge is 0.336 e. The van der Waals surface area contributed by atoms with E-state index in [1.807, 2.05) is 0 Å². The van der Waals surface area contributed by atoms with Gasteiger partial charge in [0.25, 0.3) is 0 Å². The Morgan fingerprint density at radius 2 is 1.90 bits per heavy atom. The lowest BCUT2D eigenvalue weighted by Gasteiger charge is -2.38. The first-order valence-corrected chi connectivity index (χ1v) is 7.77. The zero-order valence-corrected chi connectivity index (χ0v) is 12.9. The van der Waals surface area contributed by atoms with Crippen LogP contribution in [0, 0.1) is 5.41 Å². The van der Waals surface area contributed by atoms with Gasteiger partial charge in [0.05, 0.1) is 11.9 Å². The molecule has 2 bridgehead atoms. The Balaban J connectivity index is 1.99. The molecule has 3 atom stereocenters. The van der Waals surface area contributed by atoms with Gasteiger partial charge >= 0.3 is 5.97 Å². The summed E-state index contributed by atoms with van der Waals surface area (Å²) in [5, 5.41) is 17.7. The summed E-state index contributed by atoms with van der Waals surface area (Å²) in [6.07, 6.45) is 5.22. The third kappa shape index (κ3) is 2.51. The van der Waals surface area contributed by atoms with E-state index in [2.05, 4.69) is 4.90 Å². The second-order valence-corrected chi connectivity index (χ2v) is 6.63. The summed E-state index contributed by atoms with van der Waals surface area (Å²) < 4.78 is 0. The molecule has 0 aromatic heterocycles. The first kappa shape index (κ1) is 14.7. The molecule has 1 unspecified atom stereocenters. The number of nitrogens with zero attached hydrogens (tertiary/aromatic N) is 1. The second kappa shape index (κ2) is 5.50. The zero-order valence-electron chi connectivity index (χ0n) is 11.4. The Morgan fingerprint density at radius 3 is 2.43 bits per heavy atom. The van der Waals surface area contributed by atoms with E-state index in [-0.39, 0.29) is 11.5 Å². The average molecular weight is 327 g/mol. The molecule has 4 nitrogen and oxygen atoms in total. The Hall–Kier alpha value is -1.26. The number of nitrogens with one attached hydrogen (secondary N) is 1. The highest BCUT2D eigenvalue weighted by atomic mass is 35.5. The molecule has 2 saturated heterocycles. The van der Waals surface area contributed by atoms with E-state index in [1.165, 1.54) is 12.4 Å². The predicted octanol–water partition coefficient (Wildman–Crippen LogP) is 4.01. The van der Waals surface area contributed by atoms with E-state index in [9.17, 15) is 9.90 Å². The minimum atomic E-state index is -0.990. The number of carbonyl (C=O) groups is 1. The van der Waals surface area contributed by atoms with Gasteiger partial charge in [0.1, 0.15) is 0 Å². The van der Waals surface area contributed by atoms with E-state index in [1.54, 1.807) is 6.07 Å². The first-order valence-electron chi connectivity index (χ1n) is 7.01. The summed E-state index contributed by atoms with van der Waals surface area (Å²) in [5.74, 6) is -0.870. The van der Waals surface area contributed by atoms with Crippen molar-refractivity contribution in [1.29, 1.82) is 5.41 Å². The third-order valence-corrected chi connectivity index (χ3v) is 5.20. The van der Waals surface area contributed by atoms with E-state index in [0.29, 0.717) is 27.7 Å². The maximum absolute atomic E-state index is 11.5. The van der Waals surface area contributed by atoms with Crippen molar-refractivity contribution in [2.24, 2.45) is 0 Å². The number of piperidine rings is 1. The van der Waals surface area contributed by atoms with Gasteiger partial charge in [-0.2, -0.15) is 0 Å². The number of aromatic carboxylic acids is 1. The van der Waals surface area contributed by atoms with Crippen molar-refractivity contribution in [2.45, 2.75) is 43.7 Å². The fourth-order valence-electron chi connectivity index (χ4n) is 3.84. The lowest BCUT2D eigenvalue weighted by Crippen LogP contribution is -2.41. The lowest BCUT2D eigenvalue weighted by atomic mass is 9.83. The summed E-state index contributed by atoms with van der Waals surface area (Å²) in [6.45, 7) is 0. The standard InChI is InChI=1S/C15H16Cl2N2O2/c16-9-5-12(15(20)21)14(13(17)6-9)8-3-10-1-2-11(4-8)19(10)7-18/h5-8,10-11,18H,1-4H2,(H,20,21)/t8?,10-,11+. The minimum absolute atomic E-state index is 0.120. The summed E-state index contributed by atoms with van der Waals surface area (Å²) in [6, 6.07) is 3.74. The molecule has 2 fully saturated rings. The molecule has 3 rings (SSSR count). The number of hydrogen-bond donors (Lipinski definition) is 2. The van der Waals surface area contributed by atoms with Crippen LogP contribution in [0.25, 0.3) is 0 Å². The molecule has 2 aliphatic rings. The van der Waals surface area contributed by atoms with Crippen molar-refractivity contribution in [3.05, 3.63) is 33.3 Å². The van der Waals surface area contributed by atoms with Gasteiger partial charge in [-0.05, 0) is 49.3 Å². The number of benzene rings is 1. The van der Waals surface area contributed by atoms with Gasteiger partial charge in [0.2, 0.25) is 0 Å². The van der Waals surface area contributed by atoms with Gasteiger partial charge in [-0.3, -0.25) is 5.41 Å². The fourth-order valence-corrected chi connectivity index (χ4v) is 4.48. The van der Waals surface area contributed by atoms with Crippen molar-refractivity contribution < 1.29 is 9.90 Å². The Kier molecular flexibility index (Phi) is 3.84. The molecule has 1 aromatic rings. The molecule has 21 heavy (non-hydrogen) atoms. The van der Waals surface area contributed by atoms with E-state index in [0.717, 1.165) is 25.7 Å². The number of carboxylic acid groups (broad SMARTS) is 1. The highest BCUT2D eigenvalue weighted by molar-refractivity contribution is 6.35. The number of fused-ring (bicyclic) bond motifs is 2. The van der Waals surface area contributed by atoms with Crippen molar-refractivity contribution in [1.82, 2.24) is 4.90 Å². The molecule has 6 heteroatoms. The maximum Gasteiger partial charge on any atom is 0.336 e. The summed E-state index contributed by atoms with van der Waals surface area (Å²) in [5.41, 5.74) is 0.912.